The average Bonchev–Trinajstić information content (AvgIpc) is 2.91. The quantitative estimate of drug-likeness (QED) is 0.644. The van der Waals surface area contributed by atoms with Gasteiger partial charge < -0.3 is 16.0 Å². The summed E-state index contributed by atoms with van der Waals surface area (Å²) in [5.41, 5.74) is 8.96. The second-order valence-electron chi connectivity index (χ2n) is 5.14. The Balaban J connectivity index is 1.80. The highest BCUT2D eigenvalue weighted by molar-refractivity contribution is 5.98. The molecule has 0 radical (unpaired) electrons. The van der Waals surface area contributed by atoms with E-state index in [2.05, 4.69) is 10.3 Å². The van der Waals surface area contributed by atoms with Crippen molar-refractivity contribution >= 4 is 22.5 Å². The molecule has 0 saturated heterocycles. The molecule has 0 spiro atoms. The number of H-pyrrole nitrogens is 1. The fraction of sp³-hybridized carbons (Fsp3) is 0.118. The molecule has 4 heteroatoms. The van der Waals surface area contributed by atoms with Crippen LogP contribution in [0.1, 0.15) is 29.0 Å². The van der Waals surface area contributed by atoms with E-state index in [-0.39, 0.29) is 11.9 Å². The van der Waals surface area contributed by atoms with E-state index in [1.54, 1.807) is 0 Å². The number of aromatic nitrogens is 1. The van der Waals surface area contributed by atoms with Crippen molar-refractivity contribution < 1.29 is 4.79 Å². The van der Waals surface area contributed by atoms with Crippen molar-refractivity contribution in [3.8, 4) is 0 Å². The van der Waals surface area contributed by atoms with E-state index in [0.29, 0.717) is 11.4 Å². The lowest BCUT2D eigenvalue weighted by Crippen LogP contribution is -2.26. The summed E-state index contributed by atoms with van der Waals surface area (Å²) in [7, 11) is 0. The molecule has 2 aromatic carbocycles. The number of nitrogens with one attached hydrogen (secondary N) is 2. The largest absolute Gasteiger partial charge is 0.399 e. The van der Waals surface area contributed by atoms with Gasteiger partial charge >= 0.3 is 0 Å². The lowest BCUT2D eigenvalue weighted by atomic mass is 10.1. The third kappa shape index (κ3) is 2.74. The number of fused-ring (bicyclic) bond motifs is 1. The van der Waals surface area contributed by atoms with Gasteiger partial charge in [0.1, 0.15) is 5.69 Å². The Morgan fingerprint density at radius 2 is 1.90 bits per heavy atom. The highest BCUT2D eigenvalue weighted by atomic mass is 16.1. The zero-order chi connectivity index (χ0) is 14.8. The van der Waals surface area contributed by atoms with Gasteiger partial charge in [-0.1, -0.05) is 30.3 Å². The Bertz CT molecular complexity index is 777. The lowest BCUT2D eigenvalue weighted by Gasteiger charge is -2.13. The number of carbonyl (C=O) groups excluding carboxylic acids is 1. The molecular weight excluding hydrogens is 262 g/mol. The normalized spacial score (nSPS) is 12.2. The van der Waals surface area contributed by atoms with E-state index in [9.17, 15) is 4.79 Å². The molecule has 1 amide bonds. The molecule has 0 aliphatic rings. The minimum Gasteiger partial charge on any atom is -0.399 e. The molecule has 1 atom stereocenters. The number of nitrogens with two attached hydrogens (primary N) is 1. The Kier molecular flexibility index (Phi) is 3.36. The van der Waals surface area contributed by atoms with Crippen LogP contribution in [0.25, 0.3) is 10.9 Å². The summed E-state index contributed by atoms with van der Waals surface area (Å²) in [6.45, 7) is 1.97. The van der Waals surface area contributed by atoms with Crippen molar-refractivity contribution in [2.45, 2.75) is 13.0 Å². The van der Waals surface area contributed by atoms with Crippen LogP contribution in [0.15, 0.2) is 54.6 Å². The van der Waals surface area contributed by atoms with Crippen molar-refractivity contribution in [3.05, 3.63) is 65.9 Å². The van der Waals surface area contributed by atoms with Gasteiger partial charge in [-0.15, -0.1) is 0 Å². The van der Waals surface area contributed by atoms with Crippen LogP contribution >= 0.6 is 0 Å². The molecule has 4 nitrogen and oxygen atoms in total. The zero-order valence-corrected chi connectivity index (χ0v) is 11.8. The van der Waals surface area contributed by atoms with Gasteiger partial charge in [0.15, 0.2) is 0 Å². The monoisotopic (exact) mass is 279 g/mol. The summed E-state index contributed by atoms with van der Waals surface area (Å²) < 4.78 is 0. The fourth-order valence-electron chi connectivity index (χ4n) is 2.37. The maximum atomic E-state index is 12.3. The Morgan fingerprint density at radius 1 is 1.14 bits per heavy atom. The third-order valence-electron chi connectivity index (χ3n) is 3.54. The first-order chi connectivity index (χ1) is 10.1. The molecule has 1 aromatic heterocycles. The second-order valence-corrected chi connectivity index (χ2v) is 5.14. The van der Waals surface area contributed by atoms with Crippen molar-refractivity contribution in [2.75, 3.05) is 5.73 Å². The number of anilines is 1. The molecule has 21 heavy (non-hydrogen) atoms. The van der Waals surface area contributed by atoms with Crippen molar-refractivity contribution in [3.63, 3.8) is 0 Å². The summed E-state index contributed by atoms with van der Waals surface area (Å²) in [5, 5.41) is 3.92. The lowest BCUT2D eigenvalue weighted by molar-refractivity contribution is 0.0935. The van der Waals surface area contributed by atoms with E-state index in [1.807, 2.05) is 61.5 Å². The van der Waals surface area contributed by atoms with Crippen LogP contribution < -0.4 is 11.1 Å². The summed E-state index contributed by atoms with van der Waals surface area (Å²) in [6.07, 6.45) is 0. The van der Waals surface area contributed by atoms with Gasteiger partial charge in [0.05, 0.1) is 6.04 Å². The molecule has 3 rings (SSSR count). The first-order valence-electron chi connectivity index (χ1n) is 6.87. The first-order valence-corrected chi connectivity index (χ1v) is 6.87. The molecule has 106 valence electrons. The van der Waals surface area contributed by atoms with E-state index in [4.69, 9.17) is 5.73 Å². The number of amides is 1. The van der Waals surface area contributed by atoms with Crippen LogP contribution in [0.4, 0.5) is 5.69 Å². The Hall–Kier alpha value is -2.75. The van der Waals surface area contributed by atoms with E-state index >= 15 is 0 Å². The van der Waals surface area contributed by atoms with Crippen LogP contribution in [0, 0.1) is 0 Å². The molecule has 0 fully saturated rings. The number of benzene rings is 2. The maximum Gasteiger partial charge on any atom is 0.268 e. The van der Waals surface area contributed by atoms with Crippen LogP contribution in [-0.4, -0.2) is 10.9 Å². The van der Waals surface area contributed by atoms with E-state index in [1.165, 1.54) is 0 Å². The van der Waals surface area contributed by atoms with Crippen LogP contribution in [0.2, 0.25) is 0 Å². The number of nitrogen functional groups attached to an aromatic ring is 1. The Morgan fingerprint density at radius 3 is 2.67 bits per heavy atom. The Labute approximate surface area is 123 Å². The van der Waals surface area contributed by atoms with Crippen LogP contribution in [0.3, 0.4) is 0 Å². The molecule has 0 aliphatic heterocycles. The van der Waals surface area contributed by atoms with Crippen LogP contribution in [-0.2, 0) is 0 Å². The van der Waals surface area contributed by atoms with Gasteiger partial charge in [-0.2, -0.15) is 0 Å². The SMILES string of the molecule is C[C@H](NC(=O)c1cc2cc(N)ccc2[nH]1)c1ccccc1. The smallest absolute Gasteiger partial charge is 0.268 e. The molecule has 0 saturated carbocycles. The third-order valence-corrected chi connectivity index (χ3v) is 3.54. The van der Waals surface area contributed by atoms with E-state index < -0.39 is 0 Å². The minimum atomic E-state index is -0.124. The summed E-state index contributed by atoms with van der Waals surface area (Å²) in [6, 6.07) is 17.2. The highest BCUT2D eigenvalue weighted by Crippen LogP contribution is 2.19. The molecule has 4 N–H and O–H groups in total. The fourth-order valence-corrected chi connectivity index (χ4v) is 2.37. The maximum absolute atomic E-state index is 12.3. The van der Waals surface area contributed by atoms with Gasteiger partial charge in [0.25, 0.3) is 5.91 Å². The molecule has 0 aliphatic carbocycles. The number of hydrogen-bond acceptors (Lipinski definition) is 2. The molecular formula is C17H17N3O. The predicted molar refractivity (Wildman–Crippen MR) is 85.0 cm³/mol. The number of rotatable bonds is 3. The molecule has 0 bridgehead atoms. The summed E-state index contributed by atoms with van der Waals surface area (Å²) in [4.78, 5) is 15.4. The first kappa shape index (κ1) is 13.2. The van der Waals surface area contributed by atoms with Crippen LogP contribution in [0.5, 0.6) is 0 Å². The molecule has 1 heterocycles. The van der Waals surface area contributed by atoms with Gasteiger partial charge in [-0.25, -0.2) is 0 Å². The number of aromatic amines is 1. The molecule has 0 unspecified atom stereocenters. The van der Waals surface area contributed by atoms with Gasteiger partial charge in [0.2, 0.25) is 0 Å². The van der Waals surface area contributed by atoms with Gasteiger partial charge in [-0.05, 0) is 36.8 Å². The number of carbonyl (C=O) groups is 1. The predicted octanol–water partition coefficient (Wildman–Crippen LogP) is 3.24. The topological polar surface area (TPSA) is 70.9 Å². The summed E-state index contributed by atoms with van der Waals surface area (Å²) >= 11 is 0. The van der Waals surface area contributed by atoms with Gasteiger partial charge in [0, 0.05) is 16.6 Å². The van der Waals surface area contributed by atoms with Crippen molar-refractivity contribution in [1.29, 1.82) is 0 Å². The summed E-state index contributed by atoms with van der Waals surface area (Å²) in [5.74, 6) is -0.124. The average molecular weight is 279 g/mol. The standard InChI is InChI=1S/C17H17N3O/c1-11(12-5-3-2-4-6-12)19-17(21)16-10-13-9-14(18)7-8-15(13)20-16/h2-11,20H,18H2,1H3,(H,19,21)/t11-/m0/s1. The zero-order valence-electron chi connectivity index (χ0n) is 11.8. The minimum absolute atomic E-state index is 0.0461. The highest BCUT2D eigenvalue weighted by Gasteiger charge is 2.13. The second kappa shape index (κ2) is 5.32. The van der Waals surface area contributed by atoms with Gasteiger partial charge in [-0.3, -0.25) is 4.79 Å². The number of hydrogen-bond donors (Lipinski definition) is 3. The molecule has 3 aromatic rings. The van der Waals surface area contributed by atoms with E-state index in [0.717, 1.165) is 16.5 Å². The van der Waals surface area contributed by atoms with Crippen molar-refractivity contribution in [2.24, 2.45) is 0 Å². The van der Waals surface area contributed by atoms with Crippen molar-refractivity contribution in [1.82, 2.24) is 10.3 Å².